The summed E-state index contributed by atoms with van der Waals surface area (Å²) >= 11 is 1.16. The lowest BCUT2D eigenvalue weighted by molar-refractivity contribution is 0.0701. The molecule has 0 aliphatic rings. The van der Waals surface area contributed by atoms with E-state index in [0.717, 1.165) is 16.7 Å². The van der Waals surface area contributed by atoms with Crippen LogP contribution < -0.4 is 4.90 Å². The van der Waals surface area contributed by atoms with Crippen LogP contribution in [-0.2, 0) is 0 Å². The van der Waals surface area contributed by atoms with Gasteiger partial charge >= 0.3 is 5.97 Å². The molecular weight excluding hydrogens is 266 g/mol. The number of aromatic carboxylic acids is 1. The Balaban J connectivity index is 2.53. The Morgan fingerprint density at radius 2 is 2.21 bits per heavy atom. The number of aliphatic hydroxyl groups is 1. The fourth-order valence-electron chi connectivity index (χ4n) is 1.96. The summed E-state index contributed by atoms with van der Waals surface area (Å²) in [5.41, 5.74) is 0.693. The smallest absolute Gasteiger partial charge is 0.346 e. The number of fused-ring (bicyclic) bond motifs is 1. The molecular formula is C12H15N3O3S. The minimum Gasteiger partial charge on any atom is -0.477 e. The molecule has 0 amide bonds. The molecule has 6 nitrogen and oxygen atoms in total. The molecule has 2 rings (SSSR count). The van der Waals surface area contributed by atoms with Gasteiger partial charge in [0.25, 0.3) is 0 Å². The van der Waals surface area contributed by atoms with Crippen molar-refractivity contribution < 1.29 is 15.0 Å². The van der Waals surface area contributed by atoms with Crippen molar-refractivity contribution in [3.63, 3.8) is 0 Å². The first-order valence-corrected chi connectivity index (χ1v) is 6.67. The average molecular weight is 281 g/mol. The molecule has 2 aromatic rings. The SMILES string of the molecule is Cc1c(C(=O)O)sc2ncnc(N(C)CCCO)c12. The minimum absolute atomic E-state index is 0.113. The van der Waals surface area contributed by atoms with Crippen molar-refractivity contribution >= 4 is 33.3 Å². The van der Waals surface area contributed by atoms with E-state index in [1.165, 1.54) is 6.33 Å². The fourth-order valence-corrected chi connectivity index (χ4v) is 2.94. The summed E-state index contributed by atoms with van der Waals surface area (Å²) in [6, 6.07) is 0. The van der Waals surface area contributed by atoms with E-state index < -0.39 is 5.97 Å². The van der Waals surface area contributed by atoms with Crippen molar-refractivity contribution in [3.8, 4) is 0 Å². The van der Waals surface area contributed by atoms with Gasteiger partial charge in [0.05, 0.1) is 5.39 Å². The molecule has 0 fully saturated rings. The molecule has 0 unspecified atom stereocenters. The third-order valence-electron chi connectivity index (χ3n) is 2.91. The summed E-state index contributed by atoms with van der Waals surface area (Å²) in [5, 5.41) is 18.8. The monoisotopic (exact) mass is 281 g/mol. The summed E-state index contributed by atoms with van der Waals surface area (Å²) < 4.78 is 0. The van der Waals surface area contributed by atoms with Crippen LogP contribution in [0.3, 0.4) is 0 Å². The first kappa shape index (κ1) is 13.7. The van der Waals surface area contributed by atoms with Gasteiger partial charge in [0.1, 0.15) is 21.9 Å². The summed E-state index contributed by atoms with van der Waals surface area (Å²) in [4.78, 5) is 22.4. The number of nitrogens with zero attached hydrogens (tertiary/aromatic N) is 3. The van der Waals surface area contributed by atoms with E-state index in [1.54, 1.807) is 6.92 Å². The average Bonchev–Trinajstić information content (AvgIpc) is 2.73. The number of carboxylic acid groups (broad SMARTS) is 1. The molecule has 0 aromatic carbocycles. The quantitative estimate of drug-likeness (QED) is 0.864. The number of carboxylic acids is 1. The largest absolute Gasteiger partial charge is 0.477 e. The Morgan fingerprint density at radius 3 is 2.84 bits per heavy atom. The number of aromatic nitrogens is 2. The van der Waals surface area contributed by atoms with E-state index in [4.69, 9.17) is 10.2 Å². The number of rotatable bonds is 5. The normalized spacial score (nSPS) is 10.9. The Bertz CT molecular complexity index is 612. The molecule has 102 valence electrons. The van der Waals surface area contributed by atoms with E-state index in [9.17, 15) is 4.79 Å². The molecule has 0 saturated carbocycles. The van der Waals surface area contributed by atoms with Gasteiger partial charge in [0, 0.05) is 20.2 Å². The molecule has 7 heteroatoms. The third-order valence-corrected chi connectivity index (χ3v) is 4.10. The maximum absolute atomic E-state index is 11.2. The van der Waals surface area contributed by atoms with Gasteiger partial charge < -0.3 is 15.1 Å². The Labute approximate surface area is 114 Å². The van der Waals surface area contributed by atoms with Crippen molar-refractivity contribution in [2.24, 2.45) is 0 Å². The molecule has 2 heterocycles. The van der Waals surface area contributed by atoms with E-state index >= 15 is 0 Å². The Morgan fingerprint density at radius 1 is 1.47 bits per heavy atom. The van der Waals surface area contributed by atoms with Crippen LogP contribution in [0.5, 0.6) is 0 Å². The highest BCUT2D eigenvalue weighted by Gasteiger charge is 2.19. The van der Waals surface area contributed by atoms with Gasteiger partial charge in [-0.3, -0.25) is 0 Å². The number of hydrogen-bond acceptors (Lipinski definition) is 6. The zero-order valence-electron chi connectivity index (χ0n) is 10.8. The van der Waals surface area contributed by atoms with Gasteiger partial charge in [-0.05, 0) is 18.9 Å². The van der Waals surface area contributed by atoms with Crippen LogP contribution in [0, 0.1) is 6.92 Å². The van der Waals surface area contributed by atoms with Crippen LogP contribution in [0.25, 0.3) is 10.2 Å². The van der Waals surface area contributed by atoms with Crippen LogP contribution >= 0.6 is 11.3 Å². The van der Waals surface area contributed by atoms with E-state index in [0.29, 0.717) is 34.1 Å². The van der Waals surface area contributed by atoms with Crippen LogP contribution in [-0.4, -0.2) is 46.3 Å². The van der Waals surface area contributed by atoms with Crippen molar-refractivity contribution in [3.05, 3.63) is 16.8 Å². The molecule has 0 aliphatic heterocycles. The topological polar surface area (TPSA) is 86.5 Å². The van der Waals surface area contributed by atoms with E-state index in [2.05, 4.69) is 9.97 Å². The molecule has 0 saturated heterocycles. The predicted octanol–water partition coefficient (Wildman–Crippen LogP) is 1.52. The highest BCUT2D eigenvalue weighted by Crippen LogP contribution is 2.34. The zero-order chi connectivity index (χ0) is 14.0. The summed E-state index contributed by atoms with van der Waals surface area (Å²) in [7, 11) is 1.87. The molecule has 0 radical (unpaired) electrons. The van der Waals surface area contributed by atoms with Gasteiger partial charge in [-0.2, -0.15) is 0 Å². The van der Waals surface area contributed by atoms with Gasteiger partial charge in [-0.1, -0.05) is 0 Å². The second-order valence-corrected chi connectivity index (χ2v) is 5.24. The van der Waals surface area contributed by atoms with Gasteiger partial charge in [0.2, 0.25) is 0 Å². The van der Waals surface area contributed by atoms with Gasteiger partial charge in [-0.15, -0.1) is 11.3 Å². The van der Waals surface area contributed by atoms with Crippen LogP contribution in [0.2, 0.25) is 0 Å². The first-order chi connectivity index (χ1) is 9.06. The number of thiophene rings is 1. The van der Waals surface area contributed by atoms with E-state index in [1.807, 2.05) is 11.9 Å². The van der Waals surface area contributed by atoms with Gasteiger partial charge in [-0.25, -0.2) is 14.8 Å². The van der Waals surface area contributed by atoms with Crippen molar-refractivity contribution in [2.75, 3.05) is 25.1 Å². The lowest BCUT2D eigenvalue weighted by Crippen LogP contribution is -2.21. The number of hydrogen-bond donors (Lipinski definition) is 2. The van der Waals surface area contributed by atoms with Crippen LogP contribution in [0.4, 0.5) is 5.82 Å². The Kier molecular flexibility index (Phi) is 3.96. The summed E-state index contributed by atoms with van der Waals surface area (Å²) in [6.07, 6.45) is 2.08. The third kappa shape index (κ3) is 2.52. The number of aryl methyl sites for hydroxylation is 1. The maximum Gasteiger partial charge on any atom is 0.346 e. The summed E-state index contributed by atoms with van der Waals surface area (Å²) in [6.45, 7) is 2.54. The Hall–Kier alpha value is -1.73. The fraction of sp³-hybridized carbons (Fsp3) is 0.417. The summed E-state index contributed by atoms with van der Waals surface area (Å²) in [5.74, 6) is -0.232. The lowest BCUT2D eigenvalue weighted by atomic mass is 10.2. The number of carbonyl (C=O) groups is 1. The molecule has 19 heavy (non-hydrogen) atoms. The standard InChI is InChI=1S/C12H15N3O3S/c1-7-8-10(15(2)4-3-5-16)13-6-14-11(8)19-9(7)12(17)18/h6,16H,3-5H2,1-2H3,(H,17,18). The zero-order valence-corrected chi connectivity index (χ0v) is 11.6. The molecule has 0 spiro atoms. The molecule has 0 bridgehead atoms. The maximum atomic E-state index is 11.2. The highest BCUT2D eigenvalue weighted by atomic mass is 32.1. The van der Waals surface area contributed by atoms with Crippen molar-refractivity contribution in [1.82, 2.24) is 9.97 Å². The van der Waals surface area contributed by atoms with Crippen molar-refractivity contribution in [2.45, 2.75) is 13.3 Å². The second kappa shape index (κ2) is 5.50. The molecule has 2 N–H and O–H groups in total. The molecule has 0 atom stereocenters. The first-order valence-electron chi connectivity index (χ1n) is 5.85. The highest BCUT2D eigenvalue weighted by molar-refractivity contribution is 7.20. The number of anilines is 1. The van der Waals surface area contributed by atoms with Crippen LogP contribution in [0.1, 0.15) is 21.7 Å². The van der Waals surface area contributed by atoms with Crippen molar-refractivity contribution in [1.29, 1.82) is 0 Å². The predicted molar refractivity (Wildman–Crippen MR) is 74.1 cm³/mol. The lowest BCUT2D eigenvalue weighted by Gasteiger charge is -2.18. The van der Waals surface area contributed by atoms with Gasteiger partial charge in [0.15, 0.2) is 0 Å². The van der Waals surface area contributed by atoms with E-state index in [-0.39, 0.29) is 6.61 Å². The molecule has 2 aromatic heterocycles. The number of aliphatic hydroxyl groups excluding tert-OH is 1. The second-order valence-electron chi connectivity index (χ2n) is 4.24. The minimum atomic E-state index is -0.940. The van der Waals surface area contributed by atoms with Crippen LogP contribution in [0.15, 0.2) is 6.33 Å². The molecule has 0 aliphatic carbocycles.